The predicted molar refractivity (Wildman–Crippen MR) is 94.3 cm³/mol. The topological polar surface area (TPSA) is 55.1 Å². The number of hydrogen-bond acceptors (Lipinski definition) is 2. The van der Waals surface area contributed by atoms with Gasteiger partial charge in [0.15, 0.2) is 0 Å². The van der Waals surface area contributed by atoms with Gasteiger partial charge in [0, 0.05) is 22.5 Å². The molecule has 3 aromatic rings. The molecule has 0 bridgehead atoms. The third kappa shape index (κ3) is 4.24. The van der Waals surface area contributed by atoms with Gasteiger partial charge in [-0.25, -0.2) is 4.79 Å². The molecule has 4 nitrogen and oxygen atoms in total. The van der Waals surface area contributed by atoms with Crippen LogP contribution in [0.1, 0.15) is 34.8 Å². The first-order chi connectivity index (χ1) is 12.2. The SMILES string of the molecule is O=C(O)c1ccc(C(CCC(F)(F)F)n2cc3cc(Br)ccc3n2)cc1. The van der Waals surface area contributed by atoms with E-state index < -0.39 is 24.6 Å². The fraction of sp³-hybridized carbons (Fsp3) is 0.222. The van der Waals surface area contributed by atoms with E-state index in [-0.39, 0.29) is 12.0 Å². The molecule has 136 valence electrons. The average Bonchev–Trinajstić information content (AvgIpc) is 2.97. The Morgan fingerprint density at radius 1 is 1.19 bits per heavy atom. The minimum absolute atomic E-state index is 0.0814. The molecule has 1 N–H and O–H groups in total. The van der Waals surface area contributed by atoms with Gasteiger partial charge in [0.1, 0.15) is 0 Å². The first kappa shape index (κ1) is 18.4. The van der Waals surface area contributed by atoms with Gasteiger partial charge in [-0.15, -0.1) is 0 Å². The highest BCUT2D eigenvalue weighted by atomic mass is 79.9. The van der Waals surface area contributed by atoms with Crippen LogP contribution in [0.3, 0.4) is 0 Å². The number of rotatable bonds is 5. The van der Waals surface area contributed by atoms with Crippen LogP contribution in [0.15, 0.2) is 53.1 Å². The van der Waals surface area contributed by atoms with Crippen LogP contribution in [0.2, 0.25) is 0 Å². The molecule has 3 rings (SSSR count). The molecule has 1 heterocycles. The molecule has 0 saturated heterocycles. The average molecular weight is 427 g/mol. The Morgan fingerprint density at radius 3 is 2.50 bits per heavy atom. The summed E-state index contributed by atoms with van der Waals surface area (Å²) in [5.41, 5.74) is 1.33. The zero-order chi connectivity index (χ0) is 18.9. The highest BCUT2D eigenvalue weighted by molar-refractivity contribution is 9.10. The van der Waals surface area contributed by atoms with Gasteiger partial charge >= 0.3 is 12.1 Å². The quantitative estimate of drug-likeness (QED) is 0.591. The molecule has 1 aromatic heterocycles. The molecule has 0 saturated carbocycles. The van der Waals surface area contributed by atoms with E-state index in [0.717, 1.165) is 9.86 Å². The van der Waals surface area contributed by atoms with E-state index in [9.17, 15) is 18.0 Å². The third-order valence-corrected chi connectivity index (χ3v) is 4.54. The van der Waals surface area contributed by atoms with E-state index in [0.29, 0.717) is 11.1 Å². The highest BCUT2D eigenvalue weighted by Gasteiger charge is 2.29. The molecule has 0 spiro atoms. The number of carboxylic acids is 1. The summed E-state index contributed by atoms with van der Waals surface area (Å²) >= 11 is 3.36. The van der Waals surface area contributed by atoms with Crippen molar-refractivity contribution in [2.24, 2.45) is 0 Å². The minimum atomic E-state index is -4.28. The number of halogens is 4. The second kappa shape index (κ2) is 7.11. The van der Waals surface area contributed by atoms with Gasteiger partial charge < -0.3 is 5.11 Å². The summed E-state index contributed by atoms with van der Waals surface area (Å²) in [6.07, 6.45) is -3.73. The first-order valence-corrected chi connectivity index (χ1v) is 8.57. The second-order valence-electron chi connectivity index (χ2n) is 5.91. The van der Waals surface area contributed by atoms with Crippen molar-refractivity contribution in [1.29, 1.82) is 0 Å². The minimum Gasteiger partial charge on any atom is -0.478 e. The predicted octanol–water partition coefficient (Wildman–Crippen LogP) is 5.43. The third-order valence-electron chi connectivity index (χ3n) is 4.05. The maximum absolute atomic E-state index is 12.8. The Hall–Kier alpha value is -2.35. The smallest absolute Gasteiger partial charge is 0.389 e. The molecule has 0 amide bonds. The number of aromatic carboxylic acids is 1. The van der Waals surface area contributed by atoms with Crippen LogP contribution in [0, 0.1) is 0 Å². The largest absolute Gasteiger partial charge is 0.478 e. The van der Waals surface area contributed by atoms with Gasteiger partial charge in [0.25, 0.3) is 0 Å². The lowest BCUT2D eigenvalue weighted by Gasteiger charge is -2.19. The van der Waals surface area contributed by atoms with E-state index in [2.05, 4.69) is 21.0 Å². The monoisotopic (exact) mass is 426 g/mol. The molecule has 0 aliphatic carbocycles. The van der Waals surface area contributed by atoms with Crippen LogP contribution >= 0.6 is 15.9 Å². The maximum atomic E-state index is 12.8. The molecule has 8 heteroatoms. The number of nitrogens with zero attached hydrogens (tertiary/aromatic N) is 2. The van der Waals surface area contributed by atoms with E-state index in [1.807, 2.05) is 12.1 Å². The van der Waals surface area contributed by atoms with Crippen LogP contribution in [0.4, 0.5) is 13.2 Å². The first-order valence-electron chi connectivity index (χ1n) is 7.77. The number of aromatic nitrogens is 2. The van der Waals surface area contributed by atoms with Crippen molar-refractivity contribution in [3.8, 4) is 0 Å². The van der Waals surface area contributed by atoms with Gasteiger partial charge in [0.2, 0.25) is 0 Å². The van der Waals surface area contributed by atoms with Crippen LogP contribution in [0.25, 0.3) is 10.9 Å². The van der Waals surface area contributed by atoms with Crippen molar-refractivity contribution >= 4 is 32.8 Å². The molecule has 0 fully saturated rings. The summed E-state index contributed by atoms with van der Waals surface area (Å²) in [6.45, 7) is 0. The lowest BCUT2D eigenvalue weighted by molar-refractivity contribution is -0.136. The zero-order valence-electron chi connectivity index (χ0n) is 13.4. The summed E-state index contributed by atoms with van der Waals surface area (Å²) < 4.78 is 40.6. The molecule has 2 aromatic carbocycles. The van der Waals surface area contributed by atoms with Crippen LogP contribution in [0.5, 0.6) is 0 Å². The van der Waals surface area contributed by atoms with Crippen molar-refractivity contribution in [2.45, 2.75) is 25.1 Å². The Bertz CT molecular complexity index is 936. The number of alkyl halides is 3. The normalized spacial score (nSPS) is 13.1. The Labute approximate surface area is 155 Å². The highest BCUT2D eigenvalue weighted by Crippen LogP contribution is 2.31. The van der Waals surface area contributed by atoms with Crippen LogP contribution in [-0.4, -0.2) is 27.0 Å². The van der Waals surface area contributed by atoms with Crippen molar-refractivity contribution in [1.82, 2.24) is 9.78 Å². The summed E-state index contributed by atoms with van der Waals surface area (Å²) in [5.74, 6) is -1.09. The van der Waals surface area contributed by atoms with Gasteiger partial charge in [-0.05, 0) is 42.3 Å². The maximum Gasteiger partial charge on any atom is 0.389 e. The molecule has 1 atom stereocenters. The number of hydrogen-bond donors (Lipinski definition) is 1. The molecule has 0 aliphatic rings. The van der Waals surface area contributed by atoms with Gasteiger partial charge in [-0.1, -0.05) is 28.1 Å². The summed E-state index contributed by atoms with van der Waals surface area (Å²) in [7, 11) is 0. The van der Waals surface area contributed by atoms with Crippen LogP contribution in [-0.2, 0) is 0 Å². The van der Waals surface area contributed by atoms with Crippen LogP contribution < -0.4 is 0 Å². The van der Waals surface area contributed by atoms with E-state index in [1.54, 1.807) is 12.3 Å². The van der Waals surface area contributed by atoms with E-state index >= 15 is 0 Å². The van der Waals surface area contributed by atoms with E-state index in [4.69, 9.17) is 5.11 Å². The van der Waals surface area contributed by atoms with Crippen molar-refractivity contribution in [3.63, 3.8) is 0 Å². The zero-order valence-corrected chi connectivity index (χ0v) is 15.0. The fourth-order valence-corrected chi connectivity index (χ4v) is 3.15. The Kier molecular flexibility index (Phi) is 5.04. The Morgan fingerprint density at radius 2 is 1.88 bits per heavy atom. The molecule has 1 unspecified atom stereocenters. The summed E-state index contributed by atoms with van der Waals surface area (Å²) in [4.78, 5) is 11.0. The number of benzene rings is 2. The second-order valence-corrected chi connectivity index (χ2v) is 6.82. The molecular weight excluding hydrogens is 413 g/mol. The van der Waals surface area contributed by atoms with Crippen molar-refractivity contribution < 1.29 is 23.1 Å². The fourth-order valence-electron chi connectivity index (χ4n) is 2.78. The van der Waals surface area contributed by atoms with Gasteiger partial charge in [-0.2, -0.15) is 18.3 Å². The summed E-state index contributed by atoms with van der Waals surface area (Å²) in [5, 5.41) is 14.2. The number of carbonyl (C=O) groups is 1. The van der Waals surface area contributed by atoms with Crippen molar-refractivity contribution in [3.05, 3.63) is 64.3 Å². The molecule has 0 aliphatic heterocycles. The molecule has 0 radical (unpaired) electrons. The molecule has 26 heavy (non-hydrogen) atoms. The van der Waals surface area contributed by atoms with Gasteiger partial charge in [-0.3, -0.25) is 4.68 Å². The number of fused-ring (bicyclic) bond motifs is 1. The number of carboxylic acid groups (broad SMARTS) is 1. The van der Waals surface area contributed by atoms with Crippen molar-refractivity contribution in [2.75, 3.05) is 0 Å². The standard InChI is InChI=1S/C18H14BrF3N2O2/c19-14-5-6-15-13(9-14)10-24(23-15)16(7-8-18(20,21)22)11-1-3-12(4-2-11)17(25)26/h1-6,9-10,16H,7-8H2,(H,25,26). The van der Waals surface area contributed by atoms with Gasteiger partial charge in [0.05, 0.1) is 17.1 Å². The van der Waals surface area contributed by atoms with E-state index in [1.165, 1.54) is 28.9 Å². The summed E-state index contributed by atoms with van der Waals surface area (Å²) in [6, 6.07) is 10.6. The lowest BCUT2D eigenvalue weighted by atomic mass is 10.0. The lowest BCUT2D eigenvalue weighted by Crippen LogP contribution is -2.16. The Balaban J connectivity index is 1.99. The molecular formula is C18H14BrF3N2O2.